The molecule has 0 saturated heterocycles. The second-order valence-electron chi connectivity index (χ2n) is 4.26. The minimum absolute atomic E-state index is 0.106. The molecule has 0 aromatic heterocycles. The number of hydrogen-bond donors (Lipinski definition) is 3. The Hall–Kier alpha value is -2.53. The molecular weight excluding hydrogens is 258 g/mol. The zero-order valence-corrected chi connectivity index (χ0v) is 10.9. The number of ether oxygens (including phenoxy) is 1. The highest BCUT2D eigenvalue weighted by Gasteiger charge is 2.30. The zero-order valence-electron chi connectivity index (χ0n) is 10.9. The molecule has 0 amide bonds. The fourth-order valence-corrected chi connectivity index (χ4v) is 2.02. The third-order valence-corrected chi connectivity index (χ3v) is 3.08. The second-order valence-corrected chi connectivity index (χ2v) is 4.26. The lowest BCUT2D eigenvalue weighted by Gasteiger charge is -2.24. The summed E-state index contributed by atoms with van der Waals surface area (Å²) in [5.41, 5.74) is -0.762. The van der Waals surface area contributed by atoms with Gasteiger partial charge in [0, 0.05) is 0 Å². The molecular formula is C15H15NO4. The molecule has 1 unspecified atom stereocenters. The molecule has 3 N–H and O–H groups in total. The van der Waals surface area contributed by atoms with Crippen LogP contribution in [0.15, 0.2) is 53.7 Å². The van der Waals surface area contributed by atoms with E-state index in [0.717, 1.165) is 6.21 Å². The second kappa shape index (κ2) is 5.63. The van der Waals surface area contributed by atoms with E-state index in [4.69, 9.17) is 9.94 Å². The van der Waals surface area contributed by atoms with Crippen molar-refractivity contribution < 1.29 is 20.2 Å². The van der Waals surface area contributed by atoms with Crippen LogP contribution >= 0.6 is 0 Å². The summed E-state index contributed by atoms with van der Waals surface area (Å²) >= 11 is 0. The Bertz CT molecular complexity index is 613. The number of oxime groups is 1. The topological polar surface area (TPSA) is 82.3 Å². The Morgan fingerprint density at radius 3 is 2.35 bits per heavy atom. The van der Waals surface area contributed by atoms with Gasteiger partial charge in [0.25, 0.3) is 0 Å². The summed E-state index contributed by atoms with van der Waals surface area (Å²) in [6.07, 6.45) is 1.00. The van der Waals surface area contributed by atoms with Crippen LogP contribution in [0.5, 0.6) is 11.5 Å². The molecule has 0 aliphatic heterocycles. The standard InChI is InChI=1S/C15H15NO4/c1-20-14-8-7-12(9-13(14)17)15(18,10-16-19)11-5-3-2-4-6-11/h2-10,17-19H,1H3. The molecule has 2 aromatic carbocycles. The maximum absolute atomic E-state index is 10.8. The quantitative estimate of drug-likeness (QED) is 0.452. The van der Waals surface area contributed by atoms with Gasteiger partial charge in [-0.05, 0) is 23.3 Å². The molecule has 0 aliphatic rings. The number of rotatable bonds is 4. The molecule has 0 spiro atoms. The molecule has 5 nitrogen and oxygen atoms in total. The van der Waals surface area contributed by atoms with Gasteiger partial charge in [0.2, 0.25) is 0 Å². The Morgan fingerprint density at radius 1 is 1.10 bits per heavy atom. The minimum atomic E-state index is -1.64. The van der Waals surface area contributed by atoms with Crippen molar-refractivity contribution in [3.05, 3.63) is 59.7 Å². The summed E-state index contributed by atoms with van der Waals surface area (Å²) in [5, 5.41) is 32.4. The predicted octanol–water partition coefficient (Wildman–Crippen LogP) is 2.10. The molecule has 0 saturated carbocycles. The van der Waals surface area contributed by atoms with Gasteiger partial charge in [0.15, 0.2) is 17.1 Å². The molecule has 0 fully saturated rings. The SMILES string of the molecule is COc1ccc(C(O)(C=NO)c2ccccc2)cc1O. The van der Waals surface area contributed by atoms with Crippen LogP contribution in [0.2, 0.25) is 0 Å². The number of nitrogens with zero attached hydrogens (tertiary/aromatic N) is 1. The average molecular weight is 273 g/mol. The van der Waals surface area contributed by atoms with Crippen LogP contribution < -0.4 is 4.74 Å². The molecule has 20 heavy (non-hydrogen) atoms. The number of benzene rings is 2. The van der Waals surface area contributed by atoms with Crippen molar-refractivity contribution >= 4 is 6.21 Å². The highest BCUT2D eigenvalue weighted by Crippen LogP contribution is 2.34. The predicted molar refractivity (Wildman–Crippen MR) is 74.4 cm³/mol. The van der Waals surface area contributed by atoms with Crippen molar-refractivity contribution in [3.63, 3.8) is 0 Å². The number of aromatic hydroxyl groups is 1. The molecule has 0 radical (unpaired) electrons. The molecule has 2 aromatic rings. The molecule has 2 rings (SSSR count). The van der Waals surface area contributed by atoms with Gasteiger partial charge in [-0.2, -0.15) is 0 Å². The highest BCUT2D eigenvalue weighted by molar-refractivity contribution is 5.76. The summed E-state index contributed by atoms with van der Waals surface area (Å²) in [6, 6.07) is 13.2. The molecule has 5 heteroatoms. The fourth-order valence-electron chi connectivity index (χ4n) is 2.02. The van der Waals surface area contributed by atoms with Crippen molar-refractivity contribution in [3.8, 4) is 11.5 Å². The number of phenols is 1. The van der Waals surface area contributed by atoms with E-state index in [0.29, 0.717) is 16.9 Å². The van der Waals surface area contributed by atoms with E-state index < -0.39 is 5.60 Å². The third-order valence-electron chi connectivity index (χ3n) is 3.08. The van der Waals surface area contributed by atoms with Crippen LogP contribution in [0.4, 0.5) is 0 Å². The van der Waals surface area contributed by atoms with Crippen LogP contribution in [0.25, 0.3) is 0 Å². The van der Waals surface area contributed by atoms with Gasteiger partial charge in [-0.25, -0.2) is 0 Å². The van der Waals surface area contributed by atoms with Crippen LogP contribution in [-0.4, -0.2) is 28.7 Å². The van der Waals surface area contributed by atoms with Crippen molar-refractivity contribution in [2.45, 2.75) is 5.60 Å². The van der Waals surface area contributed by atoms with Gasteiger partial charge in [0.05, 0.1) is 13.3 Å². The van der Waals surface area contributed by atoms with Crippen LogP contribution in [0.1, 0.15) is 11.1 Å². The Balaban J connectivity index is 2.56. The Labute approximate surface area is 116 Å². The third kappa shape index (κ3) is 2.44. The summed E-state index contributed by atoms with van der Waals surface area (Å²) < 4.78 is 4.96. The van der Waals surface area contributed by atoms with Crippen LogP contribution in [0, 0.1) is 0 Å². The van der Waals surface area contributed by atoms with Gasteiger partial charge in [-0.15, -0.1) is 0 Å². The molecule has 1 atom stereocenters. The van der Waals surface area contributed by atoms with Crippen molar-refractivity contribution in [2.24, 2.45) is 5.16 Å². The van der Waals surface area contributed by atoms with E-state index in [1.807, 2.05) is 6.07 Å². The fraction of sp³-hybridized carbons (Fsp3) is 0.133. The minimum Gasteiger partial charge on any atom is -0.504 e. The van der Waals surface area contributed by atoms with E-state index in [9.17, 15) is 10.2 Å². The Kier molecular flexibility index (Phi) is 3.91. The number of aliphatic hydroxyl groups is 1. The normalized spacial score (nSPS) is 14.1. The number of methoxy groups -OCH3 is 1. The first-order chi connectivity index (χ1) is 9.61. The van der Waals surface area contributed by atoms with Crippen molar-refractivity contribution in [1.82, 2.24) is 0 Å². The van der Waals surface area contributed by atoms with E-state index in [2.05, 4.69) is 5.16 Å². The van der Waals surface area contributed by atoms with E-state index >= 15 is 0 Å². The van der Waals surface area contributed by atoms with Crippen LogP contribution in [-0.2, 0) is 5.60 Å². The maximum atomic E-state index is 10.8. The molecule has 0 heterocycles. The summed E-state index contributed by atoms with van der Waals surface area (Å²) in [5.74, 6) is 0.191. The van der Waals surface area contributed by atoms with Gasteiger partial charge in [-0.3, -0.25) is 0 Å². The lowest BCUT2D eigenvalue weighted by Crippen LogP contribution is -2.29. The zero-order chi connectivity index (χ0) is 14.6. The van der Waals surface area contributed by atoms with Gasteiger partial charge < -0.3 is 20.2 Å². The van der Waals surface area contributed by atoms with E-state index in [1.54, 1.807) is 30.3 Å². The first-order valence-electron chi connectivity index (χ1n) is 5.96. The smallest absolute Gasteiger partial charge is 0.160 e. The number of phenolic OH excluding ortho intramolecular Hbond substituents is 1. The average Bonchev–Trinajstić information content (AvgIpc) is 2.48. The van der Waals surface area contributed by atoms with Gasteiger partial charge in [-0.1, -0.05) is 41.6 Å². The van der Waals surface area contributed by atoms with Crippen molar-refractivity contribution in [1.29, 1.82) is 0 Å². The maximum Gasteiger partial charge on any atom is 0.160 e. The number of hydrogen-bond acceptors (Lipinski definition) is 5. The largest absolute Gasteiger partial charge is 0.504 e. The molecule has 104 valence electrons. The first-order valence-corrected chi connectivity index (χ1v) is 5.96. The van der Waals surface area contributed by atoms with Gasteiger partial charge >= 0.3 is 0 Å². The van der Waals surface area contributed by atoms with Crippen molar-refractivity contribution in [2.75, 3.05) is 7.11 Å². The first kappa shape index (κ1) is 13.9. The summed E-state index contributed by atoms with van der Waals surface area (Å²) in [4.78, 5) is 0. The summed E-state index contributed by atoms with van der Waals surface area (Å²) in [7, 11) is 1.44. The summed E-state index contributed by atoms with van der Waals surface area (Å²) in [6.45, 7) is 0. The molecule has 0 bridgehead atoms. The van der Waals surface area contributed by atoms with Gasteiger partial charge in [0.1, 0.15) is 0 Å². The lowest BCUT2D eigenvalue weighted by atomic mass is 9.87. The Morgan fingerprint density at radius 2 is 1.80 bits per heavy atom. The van der Waals surface area contributed by atoms with E-state index in [-0.39, 0.29) is 5.75 Å². The highest BCUT2D eigenvalue weighted by atomic mass is 16.5. The lowest BCUT2D eigenvalue weighted by molar-refractivity contribution is 0.155. The monoisotopic (exact) mass is 273 g/mol. The van der Waals surface area contributed by atoms with E-state index in [1.165, 1.54) is 19.2 Å². The molecule has 0 aliphatic carbocycles. The van der Waals surface area contributed by atoms with Crippen LogP contribution in [0.3, 0.4) is 0 Å².